The summed E-state index contributed by atoms with van der Waals surface area (Å²) in [4.78, 5) is 24.0. The minimum Gasteiger partial charge on any atom is -0.319 e. The molecule has 0 aliphatic carbocycles. The number of benzene rings is 2. The first-order valence-corrected chi connectivity index (χ1v) is 9.00. The summed E-state index contributed by atoms with van der Waals surface area (Å²) in [5.41, 5.74) is 2.51. The Morgan fingerprint density at radius 3 is 2.67 bits per heavy atom. The van der Waals surface area contributed by atoms with Crippen molar-refractivity contribution in [2.24, 2.45) is 0 Å². The van der Waals surface area contributed by atoms with Gasteiger partial charge < -0.3 is 4.98 Å². The van der Waals surface area contributed by atoms with Gasteiger partial charge in [0, 0.05) is 33.2 Å². The summed E-state index contributed by atoms with van der Waals surface area (Å²) in [6, 6.07) is 4.72. The molecule has 0 spiro atoms. The van der Waals surface area contributed by atoms with Crippen molar-refractivity contribution >= 4 is 60.4 Å². The molecule has 0 saturated heterocycles. The maximum atomic E-state index is 14.1. The van der Waals surface area contributed by atoms with E-state index < -0.39 is 11.4 Å². The predicted molar refractivity (Wildman–Crippen MR) is 105 cm³/mol. The molecule has 132 valence electrons. The summed E-state index contributed by atoms with van der Waals surface area (Å²) in [5, 5.41) is 7.75. The van der Waals surface area contributed by atoms with Gasteiger partial charge in [-0.1, -0.05) is 17.7 Å². The van der Waals surface area contributed by atoms with E-state index in [-0.39, 0.29) is 10.5 Å². The topological polar surface area (TPSA) is 87.3 Å². The van der Waals surface area contributed by atoms with Crippen LogP contribution in [0.25, 0.3) is 44.0 Å². The Hall–Kier alpha value is -2.84. The highest BCUT2D eigenvalue weighted by Crippen LogP contribution is 2.39. The lowest BCUT2D eigenvalue weighted by atomic mass is 9.97. The average Bonchev–Trinajstić information content (AvgIpc) is 3.16. The van der Waals surface area contributed by atoms with Crippen LogP contribution in [-0.2, 0) is 0 Å². The van der Waals surface area contributed by atoms with Crippen LogP contribution in [0, 0.1) is 5.82 Å². The SMILES string of the molecule is O=c1[nH]c2c(cc(Br)c3nccnc32)c(-c2ccc(F)c3[nH]ncc23)c1Cl. The van der Waals surface area contributed by atoms with Crippen molar-refractivity contribution in [3.05, 3.63) is 62.5 Å². The van der Waals surface area contributed by atoms with Crippen molar-refractivity contribution in [2.45, 2.75) is 0 Å². The lowest BCUT2D eigenvalue weighted by molar-refractivity contribution is 0.636. The smallest absolute Gasteiger partial charge is 0.267 e. The molecule has 0 aliphatic rings. The van der Waals surface area contributed by atoms with Crippen molar-refractivity contribution in [1.82, 2.24) is 25.1 Å². The number of hydrogen-bond acceptors (Lipinski definition) is 4. The second kappa shape index (κ2) is 5.83. The molecule has 0 saturated carbocycles. The van der Waals surface area contributed by atoms with Gasteiger partial charge in [-0.2, -0.15) is 5.10 Å². The summed E-state index contributed by atoms with van der Waals surface area (Å²) >= 11 is 9.90. The van der Waals surface area contributed by atoms with Crippen LogP contribution < -0.4 is 5.56 Å². The molecule has 0 radical (unpaired) electrons. The number of rotatable bonds is 1. The number of hydrogen-bond donors (Lipinski definition) is 2. The quantitative estimate of drug-likeness (QED) is 0.371. The van der Waals surface area contributed by atoms with Crippen molar-refractivity contribution in [3.8, 4) is 11.1 Å². The molecule has 5 aromatic rings. The summed E-state index contributed by atoms with van der Waals surface area (Å²) in [5.74, 6) is -0.436. The molecule has 0 amide bonds. The van der Waals surface area contributed by atoms with E-state index in [2.05, 4.69) is 41.1 Å². The van der Waals surface area contributed by atoms with Crippen LogP contribution in [0.2, 0.25) is 5.02 Å². The van der Waals surface area contributed by atoms with Crippen LogP contribution in [0.4, 0.5) is 4.39 Å². The molecule has 9 heteroatoms. The number of fused-ring (bicyclic) bond motifs is 4. The van der Waals surface area contributed by atoms with Crippen LogP contribution in [0.5, 0.6) is 0 Å². The minimum absolute atomic E-state index is 0.00625. The van der Waals surface area contributed by atoms with Gasteiger partial charge in [0.25, 0.3) is 5.56 Å². The molecule has 3 heterocycles. The molecule has 6 nitrogen and oxygen atoms in total. The number of pyridine rings is 1. The zero-order valence-electron chi connectivity index (χ0n) is 13.3. The standard InChI is InChI=1S/C18H8BrClFN5O/c19-10-5-8-12(7-1-2-11(21)14-9(7)6-24-26-14)13(20)18(27)25-15(8)17-16(10)22-3-4-23-17/h1-6H,(H,24,26)(H,25,27). The minimum atomic E-state index is -0.464. The van der Waals surface area contributed by atoms with Gasteiger partial charge in [-0.15, -0.1) is 0 Å². The highest BCUT2D eigenvalue weighted by atomic mass is 79.9. The Morgan fingerprint density at radius 2 is 1.85 bits per heavy atom. The molecule has 0 fully saturated rings. The Kier molecular flexibility index (Phi) is 3.53. The third-order valence-electron chi connectivity index (χ3n) is 4.46. The van der Waals surface area contributed by atoms with Crippen LogP contribution in [-0.4, -0.2) is 25.1 Å². The molecule has 3 aromatic heterocycles. The van der Waals surface area contributed by atoms with E-state index >= 15 is 0 Å². The van der Waals surface area contributed by atoms with Gasteiger partial charge in [0.15, 0.2) is 0 Å². The van der Waals surface area contributed by atoms with Crippen LogP contribution in [0.1, 0.15) is 0 Å². The van der Waals surface area contributed by atoms with E-state index in [0.29, 0.717) is 42.9 Å². The maximum Gasteiger partial charge on any atom is 0.267 e. The fourth-order valence-corrected chi connectivity index (χ4v) is 4.07. The molecule has 0 atom stereocenters. The number of aromatic nitrogens is 5. The molecule has 5 rings (SSSR count). The average molecular weight is 445 g/mol. The van der Waals surface area contributed by atoms with Gasteiger partial charge in [-0.25, -0.2) is 4.39 Å². The molecule has 0 aliphatic heterocycles. The Balaban J connectivity index is 2.03. The molecular weight excluding hydrogens is 437 g/mol. The van der Waals surface area contributed by atoms with Crippen molar-refractivity contribution in [2.75, 3.05) is 0 Å². The lowest BCUT2D eigenvalue weighted by Crippen LogP contribution is -2.09. The first-order valence-electron chi connectivity index (χ1n) is 7.83. The summed E-state index contributed by atoms with van der Waals surface area (Å²) in [7, 11) is 0. The van der Waals surface area contributed by atoms with Gasteiger partial charge >= 0.3 is 0 Å². The number of aromatic amines is 2. The number of H-pyrrole nitrogens is 2. The normalized spacial score (nSPS) is 11.7. The van der Waals surface area contributed by atoms with E-state index in [1.54, 1.807) is 18.5 Å². The van der Waals surface area contributed by atoms with Crippen LogP contribution in [0.15, 0.2) is 46.1 Å². The first-order chi connectivity index (χ1) is 13.1. The summed E-state index contributed by atoms with van der Waals surface area (Å²) < 4.78 is 14.8. The van der Waals surface area contributed by atoms with E-state index in [9.17, 15) is 9.18 Å². The molecule has 2 aromatic carbocycles. The predicted octanol–water partition coefficient (Wildman–Crippen LogP) is 4.57. The van der Waals surface area contributed by atoms with E-state index in [0.717, 1.165) is 0 Å². The lowest BCUT2D eigenvalue weighted by Gasteiger charge is -2.12. The number of halogens is 3. The first kappa shape index (κ1) is 16.3. The van der Waals surface area contributed by atoms with Crippen LogP contribution >= 0.6 is 27.5 Å². The largest absolute Gasteiger partial charge is 0.319 e. The van der Waals surface area contributed by atoms with Crippen LogP contribution in [0.3, 0.4) is 0 Å². The molecule has 2 N–H and O–H groups in total. The van der Waals surface area contributed by atoms with Gasteiger partial charge in [-0.05, 0) is 33.6 Å². The highest BCUT2D eigenvalue weighted by molar-refractivity contribution is 9.10. The van der Waals surface area contributed by atoms with Gasteiger partial charge in [0.05, 0.1) is 11.7 Å². The number of nitrogens with one attached hydrogen (secondary N) is 2. The van der Waals surface area contributed by atoms with E-state index in [1.807, 2.05) is 6.07 Å². The van der Waals surface area contributed by atoms with Crippen molar-refractivity contribution < 1.29 is 4.39 Å². The zero-order chi connectivity index (χ0) is 18.7. The molecular formula is C18H8BrClFN5O. The second-order valence-corrected chi connectivity index (χ2v) is 7.16. The summed E-state index contributed by atoms with van der Waals surface area (Å²) in [6.07, 6.45) is 4.63. The van der Waals surface area contributed by atoms with Crippen molar-refractivity contribution in [1.29, 1.82) is 0 Å². The highest BCUT2D eigenvalue weighted by Gasteiger charge is 2.20. The maximum absolute atomic E-state index is 14.1. The second-order valence-electron chi connectivity index (χ2n) is 5.93. The zero-order valence-corrected chi connectivity index (χ0v) is 15.7. The summed E-state index contributed by atoms with van der Waals surface area (Å²) in [6.45, 7) is 0. The van der Waals surface area contributed by atoms with Gasteiger partial charge in [0.2, 0.25) is 0 Å². The fourth-order valence-electron chi connectivity index (χ4n) is 3.30. The molecule has 0 bridgehead atoms. The van der Waals surface area contributed by atoms with Crippen molar-refractivity contribution in [3.63, 3.8) is 0 Å². The van der Waals surface area contributed by atoms with Gasteiger partial charge in [-0.3, -0.25) is 19.9 Å². The third-order valence-corrected chi connectivity index (χ3v) is 5.43. The van der Waals surface area contributed by atoms with E-state index in [4.69, 9.17) is 11.6 Å². The Bertz CT molecular complexity index is 1450. The molecule has 0 unspecified atom stereocenters. The Labute approximate surface area is 163 Å². The van der Waals surface area contributed by atoms with Gasteiger partial charge in [0.1, 0.15) is 27.4 Å². The van der Waals surface area contributed by atoms with E-state index in [1.165, 1.54) is 12.3 Å². The third kappa shape index (κ3) is 2.30. The molecule has 27 heavy (non-hydrogen) atoms. The Morgan fingerprint density at radius 1 is 1.07 bits per heavy atom. The monoisotopic (exact) mass is 443 g/mol. The fraction of sp³-hybridized carbons (Fsp3) is 0. The number of nitrogens with zero attached hydrogens (tertiary/aromatic N) is 3.